The van der Waals surface area contributed by atoms with E-state index in [9.17, 15) is 0 Å². The molecule has 3 aromatic carbocycles. The van der Waals surface area contributed by atoms with Crippen LogP contribution in [0.3, 0.4) is 0 Å². The van der Waals surface area contributed by atoms with Gasteiger partial charge in [0.1, 0.15) is 5.82 Å². The summed E-state index contributed by atoms with van der Waals surface area (Å²) < 4.78 is 4.40. The highest BCUT2D eigenvalue weighted by molar-refractivity contribution is 9.13. The number of para-hydroxylation sites is 1. The first-order valence-electron chi connectivity index (χ1n) is 11.6. The van der Waals surface area contributed by atoms with Gasteiger partial charge in [0.2, 0.25) is 0 Å². The van der Waals surface area contributed by atoms with Crippen LogP contribution in [0, 0.1) is 0 Å². The average molecular weight is 568 g/mol. The molecule has 0 atom stereocenters. The van der Waals surface area contributed by atoms with Gasteiger partial charge in [0.25, 0.3) is 0 Å². The maximum absolute atomic E-state index is 5.41. The van der Waals surface area contributed by atoms with E-state index >= 15 is 0 Å². The van der Waals surface area contributed by atoms with Crippen LogP contribution in [0.25, 0.3) is 28.1 Å². The minimum Gasteiger partial charge on any atom is -0.291 e. The number of benzene rings is 3. The second kappa shape index (κ2) is 9.03. The van der Waals surface area contributed by atoms with Gasteiger partial charge in [-0.1, -0.05) is 84.9 Å². The number of halogens is 2. The van der Waals surface area contributed by atoms with Crippen LogP contribution in [0.15, 0.2) is 63.5 Å². The maximum Gasteiger partial charge on any atom is 0.146 e. The number of hydrogen-bond donors (Lipinski definition) is 0. The summed E-state index contributed by atoms with van der Waals surface area (Å²) in [5.74, 6) is 1.79. The Balaban J connectivity index is 2.23. The van der Waals surface area contributed by atoms with Crippen LogP contribution in [0.1, 0.15) is 77.0 Å². The van der Waals surface area contributed by atoms with Crippen molar-refractivity contribution in [2.24, 2.45) is 0 Å². The van der Waals surface area contributed by atoms with Crippen LogP contribution in [0.5, 0.6) is 0 Å². The summed E-state index contributed by atoms with van der Waals surface area (Å²) in [4.78, 5) is 5.41. The van der Waals surface area contributed by atoms with Gasteiger partial charge in [-0.3, -0.25) is 4.57 Å². The molecule has 2 nitrogen and oxygen atoms in total. The molecule has 0 unspecified atom stereocenters. The van der Waals surface area contributed by atoms with Gasteiger partial charge in [0.15, 0.2) is 0 Å². The van der Waals surface area contributed by atoms with E-state index in [1.807, 2.05) is 0 Å². The van der Waals surface area contributed by atoms with Gasteiger partial charge in [-0.15, -0.1) is 0 Å². The standard InChI is InChI=1S/C29H32Br2N2/c1-17(2)19-11-8-12-20(18(3)4)25(19)28-32-27-21(29(5,6)7)13-9-16-24(27)33(28)23-15-10-14-22(30)26(23)31/h8-18H,1-7H3. The largest absolute Gasteiger partial charge is 0.291 e. The molecule has 1 aromatic heterocycles. The molecule has 0 aliphatic rings. The van der Waals surface area contributed by atoms with Crippen LogP contribution in [-0.4, -0.2) is 9.55 Å². The first-order chi connectivity index (χ1) is 15.5. The van der Waals surface area contributed by atoms with Crippen molar-refractivity contribution in [1.82, 2.24) is 9.55 Å². The molecule has 0 aliphatic heterocycles. The van der Waals surface area contributed by atoms with Crippen LogP contribution >= 0.6 is 31.9 Å². The Bertz CT molecular complexity index is 1300. The Kier molecular flexibility index (Phi) is 6.63. The average Bonchev–Trinajstić information content (AvgIpc) is 3.13. The van der Waals surface area contributed by atoms with Gasteiger partial charge in [0.05, 0.1) is 21.2 Å². The highest BCUT2D eigenvalue weighted by Gasteiger charge is 2.26. The van der Waals surface area contributed by atoms with Crippen molar-refractivity contribution in [3.05, 3.63) is 80.2 Å². The Morgan fingerprint density at radius 1 is 0.788 bits per heavy atom. The SMILES string of the molecule is CC(C)c1cccc(C(C)C)c1-c1nc2c(C(C)(C)C)cccc2n1-c1cccc(Br)c1Br. The highest BCUT2D eigenvalue weighted by Crippen LogP contribution is 2.42. The molecule has 0 radical (unpaired) electrons. The molecule has 1 heterocycles. The van der Waals surface area contributed by atoms with E-state index in [-0.39, 0.29) is 5.41 Å². The summed E-state index contributed by atoms with van der Waals surface area (Å²) in [6.07, 6.45) is 0. The van der Waals surface area contributed by atoms with Gasteiger partial charge >= 0.3 is 0 Å². The van der Waals surface area contributed by atoms with E-state index < -0.39 is 0 Å². The summed E-state index contributed by atoms with van der Waals surface area (Å²) in [6.45, 7) is 15.9. The molecule has 0 amide bonds. The zero-order chi connectivity index (χ0) is 24.1. The monoisotopic (exact) mass is 566 g/mol. The van der Waals surface area contributed by atoms with Gasteiger partial charge in [-0.25, -0.2) is 4.98 Å². The molecule has 4 heteroatoms. The Morgan fingerprint density at radius 2 is 1.36 bits per heavy atom. The van der Waals surface area contributed by atoms with Crippen molar-refractivity contribution in [3.8, 4) is 17.1 Å². The van der Waals surface area contributed by atoms with Gasteiger partial charge in [-0.2, -0.15) is 0 Å². The van der Waals surface area contributed by atoms with E-state index in [1.54, 1.807) is 0 Å². The quantitative estimate of drug-likeness (QED) is 0.240. The second-order valence-corrected chi connectivity index (χ2v) is 12.0. The molecule has 33 heavy (non-hydrogen) atoms. The lowest BCUT2D eigenvalue weighted by Crippen LogP contribution is -2.11. The lowest BCUT2D eigenvalue weighted by molar-refractivity contribution is 0.595. The Hall–Kier alpha value is -1.91. The Labute approximate surface area is 214 Å². The molecule has 0 fully saturated rings. The van der Waals surface area contributed by atoms with Crippen molar-refractivity contribution < 1.29 is 0 Å². The molecule has 4 rings (SSSR count). The normalized spacial score (nSPS) is 12.3. The van der Waals surface area contributed by atoms with E-state index in [0.29, 0.717) is 11.8 Å². The number of rotatable bonds is 4. The molecule has 0 spiro atoms. The first-order valence-corrected chi connectivity index (χ1v) is 13.2. The number of hydrogen-bond acceptors (Lipinski definition) is 1. The predicted octanol–water partition coefficient (Wildman–Crippen LogP) is 9.76. The van der Waals surface area contributed by atoms with E-state index in [2.05, 4.69) is 139 Å². The van der Waals surface area contributed by atoms with Crippen LogP contribution in [0.2, 0.25) is 0 Å². The third kappa shape index (κ3) is 4.33. The van der Waals surface area contributed by atoms with Crippen LogP contribution < -0.4 is 0 Å². The second-order valence-electron chi connectivity index (χ2n) is 10.4. The minimum atomic E-state index is -0.0110. The fraction of sp³-hybridized carbons (Fsp3) is 0.345. The summed E-state index contributed by atoms with van der Waals surface area (Å²) in [5.41, 5.74) is 8.46. The lowest BCUT2D eigenvalue weighted by atomic mass is 9.86. The molecular formula is C29H32Br2N2. The fourth-order valence-electron chi connectivity index (χ4n) is 4.59. The van der Waals surface area contributed by atoms with E-state index in [1.165, 1.54) is 22.3 Å². The third-order valence-corrected chi connectivity index (χ3v) is 8.29. The van der Waals surface area contributed by atoms with E-state index in [4.69, 9.17) is 4.98 Å². The molecule has 172 valence electrons. The summed E-state index contributed by atoms with van der Waals surface area (Å²) >= 11 is 7.57. The van der Waals surface area contributed by atoms with Crippen molar-refractivity contribution in [2.75, 3.05) is 0 Å². The van der Waals surface area contributed by atoms with Crippen LogP contribution in [0.4, 0.5) is 0 Å². The third-order valence-electron chi connectivity index (χ3n) is 6.26. The van der Waals surface area contributed by atoms with Crippen molar-refractivity contribution in [1.29, 1.82) is 0 Å². The topological polar surface area (TPSA) is 17.8 Å². The Morgan fingerprint density at radius 3 is 1.94 bits per heavy atom. The fourth-order valence-corrected chi connectivity index (χ4v) is 5.39. The lowest BCUT2D eigenvalue weighted by Gasteiger charge is -2.21. The van der Waals surface area contributed by atoms with Crippen molar-refractivity contribution in [2.45, 2.75) is 65.7 Å². The predicted molar refractivity (Wildman–Crippen MR) is 149 cm³/mol. The van der Waals surface area contributed by atoms with Crippen molar-refractivity contribution >= 4 is 42.9 Å². The minimum absolute atomic E-state index is 0.0110. The molecular weight excluding hydrogens is 536 g/mol. The molecule has 0 saturated heterocycles. The maximum atomic E-state index is 5.41. The van der Waals surface area contributed by atoms with Crippen LogP contribution in [-0.2, 0) is 5.41 Å². The van der Waals surface area contributed by atoms with Gasteiger partial charge in [0, 0.05) is 10.0 Å². The van der Waals surface area contributed by atoms with Gasteiger partial charge < -0.3 is 0 Å². The summed E-state index contributed by atoms with van der Waals surface area (Å²) in [6, 6.07) is 19.6. The molecule has 0 N–H and O–H groups in total. The smallest absolute Gasteiger partial charge is 0.146 e. The number of aromatic nitrogens is 2. The molecule has 4 aromatic rings. The number of imidazole rings is 1. The zero-order valence-electron chi connectivity index (χ0n) is 20.5. The molecule has 0 bridgehead atoms. The first kappa shape index (κ1) is 24.2. The molecule has 0 saturated carbocycles. The summed E-state index contributed by atoms with van der Waals surface area (Å²) in [7, 11) is 0. The molecule has 0 aliphatic carbocycles. The summed E-state index contributed by atoms with van der Waals surface area (Å²) in [5, 5.41) is 0. The van der Waals surface area contributed by atoms with E-state index in [0.717, 1.165) is 31.5 Å². The number of fused-ring (bicyclic) bond motifs is 1. The van der Waals surface area contributed by atoms with Gasteiger partial charge in [-0.05, 0) is 84.0 Å². The zero-order valence-corrected chi connectivity index (χ0v) is 23.7. The van der Waals surface area contributed by atoms with Crippen molar-refractivity contribution in [3.63, 3.8) is 0 Å². The number of nitrogens with zero attached hydrogens (tertiary/aromatic N) is 2. The highest BCUT2D eigenvalue weighted by atomic mass is 79.9.